The van der Waals surface area contributed by atoms with Gasteiger partial charge in [-0.25, -0.2) is 13.4 Å². The van der Waals surface area contributed by atoms with Gasteiger partial charge in [0.25, 0.3) is 0 Å². The van der Waals surface area contributed by atoms with Gasteiger partial charge in [-0.05, 0) is 43.0 Å². The molecule has 9 heteroatoms. The third-order valence-corrected chi connectivity index (χ3v) is 6.86. The summed E-state index contributed by atoms with van der Waals surface area (Å²) in [5, 5.41) is 9.18. The number of ether oxygens (including phenoxy) is 2. The Balaban J connectivity index is 1.58. The lowest BCUT2D eigenvalue weighted by molar-refractivity contribution is 0.181. The molecular formula is C19H20ClN3O4S. The van der Waals surface area contributed by atoms with Crippen molar-refractivity contribution in [3.8, 4) is 17.7 Å². The molecule has 0 radical (unpaired) electrons. The van der Waals surface area contributed by atoms with E-state index in [9.17, 15) is 8.42 Å². The van der Waals surface area contributed by atoms with E-state index in [1.165, 1.54) is 29.7 Å². The van der Waals surface area contributed by atoms with E-state index in [0.29, 0.717) is 49.7 Å². The molecule has 3 rings (SSSR count). The zero-order valence-electron chi connectivity index (χ0n) is 15.3. The number of piperidine rings is 1. The van der Waals surface area contributed by atoms with E-state index in [4.69, 9.17) is 26.3 Å². The van der Waals surface area contributed by atoms with Gasteiger partial charge in [-0.15, -0.1) is 0 Å². The van der Waals surface area contributed by atoms with Gasteiger partial charge in [0.2, 0.25) is 15.9 Å². The zero-order chi connectivity index (χ0) is 20.1. The number of halogens is 1. The van der Waals surface area contributed by atoms with Crippen LogP contribution in [0.2, 0.25) is 5.02 Å². The van der Waals surface area contributed by atoms with Crippen molar-refractivity contribution in [3.63, 3.8) is 0 Å². The van der Waals surface area contributed by atoms with Crippen LogP contribution in [0.15, 0.2) is 41.4 Å². The largest absolute Gasteiger partial charge is 0.495 e. The maximum atomic E-state index is 12.9. The highest BCUT2D eigenvalue weighted by atomic mass is 35.5. The Hall–Kier alpha value is -2.34. The summed E-state index contributed by atoms with van der Waals surface area (Å²) in [6.45, 7) is 1.25. The van der Waals surface area contributed by atoms with Crippen molar-refractivity contribution in [1.29, 1.82) is 5.26 Å². The minimum absolute atomic E-state index is 0.158. The Kier molecular flexibility index (Phi) is 6.39. The van der Waals surface area contributed by atoms with Crippen LogP contribution in [0, 0.1) is 17.2 Å². The van der Waals surface area contributed by atoms with Crippen molar-refractivity contribution in [2.24, 2.45) is 5.92 Å². The van der Waals surface area contributed by atoms with E-state index in [1.807, 2.05) is 6.07 Å². The molecule has 28 heavy (non-hydrogen) atoms. The average molecular weight is 422 g/mol. The Morgan fingerprint density at radius 2 is 2.04 bits per heavy atom. The number of aromatic nitrogens is 1. The summed E-state index contributed by atoms with van der Waals surface area (Å²) >= 11 is 6.07. The Morgan fingerprint density at radius 1 is 1.29 bits per heavy atom. The number of nitriles is 1. The second kappa shape index (κ2) is 8.78. The number of nitrogens with zero attached hydrogens (tertiary/aromatic N) is 3. The molecule has 1 fully saturated rings. The van der Waals surface area contributed by atoms with Crippen LogP contribution in [0.1, 0.15) is 18.4 Å². The van der Waals surface area contributed by atoms with Crippen LogP contribution < -0.4 is 9.47 Å². The van der Waals surface area contributed by atoms with Crippen LogP contribution in [0.25, 0.3) is 0 Å². The molecule has 7 nitrogen and oxygen atoms in total. The van der Waals surface area contributed by atoms with Crippen LogP contribution in [0.5, 0.6) is 11.6 Å². The SMILES string of the molecule is COc1ccc(S(=O)(=O)N2CCC(COc3cc(C#N)ccn3)CC2)cc1Cl. The summed E-state index contributed by atoms with van der Waals surface area (Å²) in [5.74, 6) is 1.06. The monoisotopic (exact) mass is 421 g/mol. The van der Waals surface area contributed by atoms with E-state index in [2.05, 4.69) is 4.98 Å². The smallest absolute Gasteiger partial charge is 0.243 e. The number of pyridine rings is 1. The topological polar surface area (TPSA) is 92.5 Å². The molecular weight excluding hydrogens is 402 g/mol. The predicted octanol–water partition coefficient (Wildman–Crippen LogP) is 3.09. The first-order valence-corrected chi connectivity index (χ1v) is 10.6. The van der Waals surface area contributed by atoms with E-state index < -0.39 is 10.0 Å². The molecule has 1 aromatic carbocycles. The van der Waals surface area contributed by atoms with Crippen LogP contribution in [-0.2, 0) is 10.0 Å². The quantitative estimate of drug-likeness (QED) is 0.711. The minimum atomic E-state index is -3.60. The molecule has 0 unspecified atom stereocenters. The molecule has 0 saturated carbocycles. The molecule has 0 bridgehead atoms. The molecule has 1 aliphatic heterocycles. The third kappa shape index (κ3) is 4.55. The summed E-state index contributed by atoms with van der Waals surface area (Å²) in [4.78, 5) is 4.24. The summed E-state index contributed by atoms with van der Waals surface area (Å²) in [6, 6.07) is 9.72. The Morgan fingerprint density at radius 3 is 2.68 bits per heavy atom. The van der Waals surface area contributed by atoms with Crippen molar-refractivity contribution in [3.05, 3.63) is 47.1 Å². The molecule has 148 valence electrons. The van der Waals surface area contributed by atoms with E-state index in [1.54, 1.807) is 18.2 Å². The van der Waals surface area contributed by atoms with Gasteiger partial charge in [0.05, 0.1) is 35.3 Å². The van der Waals surface area contributed by atoms with Gasteiger partial charge in [-0.1, -0.05) is 11.6 Å². The third-order valence-electron chi connectivity index (χ3n) is 4.67. The molecule has 1 saturated heterocycles. The van der Waals surface area contributed by atoms with E-state index in [0.717, 1.165) is 0 Å². The zero-order valence-corrected chi connectivity index (χ0v) is 16.9. The lowest BCUT2D eigenvalue weighted by Gasteiger charge is -2.31. The number of hydrogen-bond acceptors (Lipinski definition) is 6. The first-order chi connectivity index (χ1) is 13.4. The molecule has 0 atom stereocenters. The van der Waals surface area contributed by atoms with Crippen molar-refractivity contribution < 1.29 is 17.9 Å². The maximum absolute atomic E-state index is 12.9. The summed E-state index contributed by atoms with van der Waals surface area (Å²) in [7, 11) is -2.12. The van der Waals surface area contributed by atoms with Crippen LogP contribution >= 0.6 is 11.6 Å². The van der Waals surface area contributed by atoms with Gasteiger partial charge in [0.15, 0.2) is 0 Å². The van der Waals surface area contributed by atoms with Crippen molar-refractivity contribution in [2.75, 3.05) is 26.8 Å². The fourth-order valence-electron chi connectivity index (χ4n) is 3.03. The normalized spacial score (nSPS) is 15.8. The summed E-state index contributed by atoms with van der Waals surface area (Å²) < 4.78 is 37.9. The Labute approximate surface area is 169 Å². The molecule has 2 heterocycles. The lowest BCUT2D eigenvalue weighted by Crippen LogP contribution is -2.39. The van der Waals surface area contributed by atoms with Gasteiger partial charge < -0.3 is 9.47 Å². The first-order valence-electron chi connectivity index (χ1n) is 8.76. The molecule has 0 amide bonds. The van der Waals surface area contributed by atoms with Gasteiger partial charge in [-0.3, -0.25) is 0 Å². The Bertz CT molecular complexity index is 983. The minimum Gasteiger partial charge on any atom is -0.495 e. The second-order valence-electron chi connectivity index (χ2n) is 6.45. The van der Waals surface area contributed by atoms with Crippen LogP contribution in [-0.4, -0.2) is 44.5 Å². The average Bonchev–Trinajstić information content (AvgIpc) is 2.72. The summed E-state index contributed by atoms with van der Waals surface area (Å²) in [5.41, 5.74) is 0.490. The van der Waals surface area contributed by atoms with Crippen molar-refractivity contribution >= 4 is 21.6 Å². The van der Waals surface area contributed by atoms with Gasteiger partial charge in [0.1, 0.15) is 5.75 Å². The standard InChI is InChI=1S/C19H20ClN3O4S/c1-26-18-3-2-16(11-17(18)20)28(24,25)23-8-5-14(6-9-23)13-27-19-10-15(12-21)4-7-22-19/h2-4,7,10-11,14H,5-6,8-9,13H2,1H3. The fourth-order valence-corrected chi connectivity index (χ4v) is 4.85. The lowest BCUT2D eigenvalue weighted by atomic mass is 9.99. The van der Waals surface area contributed by atoms with Crippen molar-refractivity contribution in [1.82, 2.24) is 9.29 Å². The van der Waals surface area contributed by atoms with Crippen LogP contribution in [0.3, 0.4) is 0 Å². The molecule has 1 aliphatic rings. The van der Waals surface area contributed by atoms with Crippen molar-refractivity contribution in [2.45, 2.75) is 17.7 Å². The molecule has 2 aromatic rings. The number of methoxy groups -OCH3 is 1. The molecule has 1 aromatic heterocycles. The number of rotatable bonds is 6. The molecule has 0 aliphatic carbocycles. The maximum Gasteiger partial charge on any atom is 0.243 e. The van der Waals surface area contributed by atoms with Crippen LogP contribution in [0.4, 0.5) is 0 Å². The van der Waals surface area contributed by atoms with E-state index >= 15 is 0 Å². The number of hydrogen-bond donors (Lipinski definition) is 0. The highest BCUT2D eigenvalue weighted by Crippen LogP contribution is 2.30. The molecule has 0 N–H and O–H groups in total. The molecule has 0 spiro atoms. The highest BCUT2D eigenvalue weighted by molar-refractivity contribution is 7.89. The van der Waals surface area contributed by atoms with E-state index in [-0.39, 0.29) is 15.8 Å². The van der Waals surface area contributed by atoms with Gasteiger partial charge >= 0.3 is 0 Å². The number of benzene rings is 1. The summed E-state index contributed by atoms with van der Waals surface area (Å²) in [6.07, 6.45) is 2.89. The fraction of sp³-hybridized carbons (Fsp3) is 0.368. The van der Waals surface area contributed by atoms with Gasteiger partial charge in [-0.2, -0.15) is 9.57 Å². The highest BCUT2D eigenvalue weighted by Gasteiger charge is 2.30. The second-order valence-corrected chi connectivity index (χ2v) is 8.79. The number of sulfonamides is 1. The first kappa shape index (κ1) is 20.4. The van der Waals surface area contributed by atoms with Gasteiger partial charge in [0, 0.05) is 25.4 Å². The predicted molar refractivity (Wildman–Crippen MR) is 104 cm³/mol.